The van der Waals surface area contributed by atoms with Gasteiger partial charge in [0.25, 0.3) is 5.91 Å². The summed E-state index contributed by atoms with van der Waals surface area (Å²) < 4.78 is 5.58. The lowest BCUT2D eigenvalue weighted by Crippen LogP contribution is -2.31. The lowest BCUT2D eigenvalue weighted by atomic mass is 10.0. The van der Waals surface area contributed by atoms with Crippen molar-refractivity contribution in [3.8, 4) is 11.3 Å². The SMILES string of the molecule is O=C(NC[C@@H]1CCCO1)c1cc(-c2cccnc2)nc2ccccc12. The molecule has 2 aromatic heterocycles. The van der Waals surface area contributed by atoms with Gasteiger partial charge < -0.3 is 10.1 Å². The first-order chi connectivity index (χ1) is 12.3. The van der Waals surface area contributed by atoms with Gasteiger partial charge in [0, 0.05) is 36.5 Å². The number of benzene rings is 1. The Labute approximate surface area is 146 Å². The molecular weight excluding hydrogens is 314 g/mol. The van der Waals surface area contributed by atoms with Crippen molar-refractivity contribution in [2.24, 2.45) is 0 Å². The molecule has 1 amide bonds. The molecule has 3 heterocycles. The number of aromatic nitrogens is 2. The molecule has 0 radical (unpaired) electrons. The van der Waals surface area contributed by atoms with Crippen LogP contribution in [-0.4, -0.2) is 35.1 Å². The number of para-hydroxylation sites is 1. The van der Waals surface area contributed by atoms with E-state index in [0.29, 0.717) is 12.1 Å². The van der Waals surface area contributed by atoms with Gasteiger partial charge in [-0.1, -0.05) is 18.2 Å². The number of rotatable bonds is 4. The number of hydrogen-bond acceptors (Lipinski definition) is 4. The van der Waals surface area contributed by atoms with Crippen LogP contribution in [0.25, 0.3) is 22.2 Å². The van der Waals surface area contributed by atoms with Crippen molar-refractivity contribution in [3.05, 3.63) is 60.4 Å². The highest BCUT2D eigenvalue weighted by atomic mass is 16.5. The molecule has 0 saturated carbocycles. The van der Waals surface area contributed by atoms with Crippen molar-refractivity contribution in [1.82, 2.24) is 15.3 Å². The van der Waals surface area contributed by atoms with Gasteiger partial charge in [-0.25, -0.2) is 4.98 Å². The number of pyridine rings is 2. The Hall–Kier alpha value is -2.79. The topological polar surface area (TPSA) is 64.1 Å². The minimum atomic E-state index is -0.0979. The Morgan fingerprint density at radius 1 is 1.24 bits per heavy atom. The predicted octanol–water partition coefficient (Wildman–Crippen LogP) is 3.21. The molecule has 1 saturated heterocycles. The van der Waals surface area contributed by atoms with Crippen LogP contribution in [0.4, 0.5) is 0 Å². The fourth-order valence-electron chi connectivity index (χ4n) is 3.13. The van der Waals surface area contributed by atoms with Crippen LogP contribution in [0.2, 0.25) is 0 Å². The van der Waals surface area contributed by atoms with Crippen LogP contribution in [0.5, 0.6) is 0 Å². The number of nitrogens with zero attached hydrogens (tertiary/aromatic N) is 2. The number of carbonyl (C=O) groups is 1. The molecule has 5 nitrogen and oxygen atoms in total. The van der Waals surface area contributed by atoms with E-state index in [1.807, 2.05) is 42.5 Å². The molecule has 0 bridgehead atoms. The average Bonchev–Trinajstić information content (AvgIpc) is 3.19. The highest BCUT2D eigenvalue weighted by Crippen LogP contribution is 2.24. The van der Waals surface area contributed by atoms with Crippen LogP contribution in [-0.2, 0) is 4.74 Å². The zero-order valence-corrected chi connectivity index (χ0v) is 13.8. The molecule has 0 spiro atoms. The summed E-state index contributed by atoms with van der Waals surface area (Å²) in [5.41, 5.74) is 3.06. The van der Waals surface area contributed by atoms with Gasteiger partial charge in [-0.2, -0.15) is 0 Å². The molecule has 1 N–H and O–H groups in total. The maximum Gasteiger partial charge on any atom is 0.252 e. The second-order valence-corrected chi connectivity index (χ2v) is 6.16. The number of carbonyl (C=O) groups excluding carboxylic acids is 1. The smallest absolute Gasteiger partial charge is 0.252 e. The molecule has 25 heavy (non-hydrogen) atoms. The Kier molecular flexibility index (Phi) is 4.39. The predicted molar refractivity (Wildman–Crippen MR) is 96.3 cm³/mol. The summed E-state index contributed by atoms with van der Waals surface area (Å²) in [4.78, 5) is 21.6. The number of amides is 1. The van der Waals surface area contributed by atoms with E-state index < -0.39 is 0 Å². The molecule has 3 aromatic rings. The Morgan fingerprint density at radius 2 is 2.16 bits per heavy atom. The maximum absolute atomic E-state index is 12.8. The second kappa shape index (κ2) is 6.99. The van der Waals surface area contributed by atoms with E-state index >= 15 is 0 Å². The third kappa shape index (κ3) is 3.37. The van der Waals surface area contributed by atoms with Crippen LogP contribution in [0, 0.1) is 0 Å². The van der Waals surface area contributed by atoms with Gasteiger partial charge in [0.2, 0.25) is 0 Å². The first kappa shape index (κ1) is 15.7. The quantitative estimate of drug-likeness (QED) is 0.796. The van der Waals surface area contributed by atoms with Gasteiger partial charge >= 0.3 is 0 Å². The van der Waals surface area contributed by atoms with Crippen LogP contribution >= 0.6 is 0 Å². The summed E-state index contributed by atoms with van der Waals surface area (Å²) in [5, 5.41) is 3.85. The second-order valence-electron chi connectivity index (χ2n) is 6.16. The summed E-state index contributed by atoms with van der Waals surface area (Å²) in [6.45, 7) is 1.32. The molecule has 126 valence electrons. The van der Waals surface area contributed by atoms with Crippen LogP contribution in [0.3, 0.4) is 0 Å². The van der Waals surface area contributed by atoms with Crippen molar-refractivity contribution in [1.29, 1.82) is 0 Å². The molecule has 1 aromatic carbocycles. The molecule has 5 heteroatoms. The number of nitrogens with one attached hydrogen (secondary N) is 1. The minimum absolute atomic E-state index is 0.0979. The highest BCUT2D eigenvalue weighted by molar-refractivity contribution is 6.07. The maximum atomic E-state index is 12.8. The van der Waals surface area contributed by atoms with Crippen molar-refractivity contribution in [2.75, 3.05) is 13.2 Å². The number of hydrogen-bond donors (Lipinski definition) is 1. The molecule has 0 aliphatic carbocycles. The molecule has 1 aliphatic rings. The van der Waals surface area contributed by atoms with Gasteiger partial charge in [-0.05, 0) is 37.1 Å². The van der Waals surface area contributed by atoms with E-state index in [0.717, 1.165) is 41.6 Å². The van der Waals surface area contributed by atoms with Gasteiger partial charge in [-0.15, -0.1) is 0 Å². The summed E-state index contributed by atoms with van der Waals surface area (Å²) in [5.74, 6) is -0.0979. The zero-order valence-electron chi connectivity index (χ0n) is 13.8. The minimum Gasteiger partial charge on any atom is -0.376 e. The molecule has 0 unspecified atom stereocenters. The lowest BCUT2D eigenvalue weighted by molar-refractivity contribution is 0.0859. The first-order valence-corrected chi connectivity index (χ1v) is 8.51. The van der Waals surface area contributed by atoms with Crippen molar-refractivity contribution in [3.63, 3.8) is 0 Å². The van der Waals surface area contributed by atoms with E-state index in [-0.39, 0.29) is 12.0 Å². The standard InChI is InChI=1S/C20H19N3O2/c24-20(22-13-15-6-4-10-25-15)17-11-19(14-5-3-9-21-12-14)23-18-8-2-1-7-16(17)18/h1-3,5,7-9,11-12,15H,4,6,10,13H2,(H,22,24)/t15-/m0/s1. The molecule has 1 aliphatic heterocycles. The molecular formula is C20H19N3O2. The van der Waals surface area contributed by atoms with Crippen LogP contribution in [0.15, 0.2) is 54.9 Å². The summed E-state index contributed by atoms with van der Waals surface area (Å²) in [6.07, 6.45) is 5.66. The van der Waals surface area contributed by atoms with Crippen molar-refractivity contribution in [2.45, 2.75) is 18.9 Å². The van der Waals surface area contributed by atoms with Crippen LogP contribution in [0.1, 0.15) is 23.2 Å². The van der Waals surface area contributed by atoms with E-state index in [9.17, 15) is 4.79 Å². The van der Waals surface area contributed by atoms with Crippen molar-refractivity contribution < 1.29 is 9.53 Å². The van der Waals surface area contributed by atoms with Gasteiger partial charge in [-0.3, -0.25) is 9.78 Å². The zero-order chi connectivity index (χ0) is 17.1. The highest BCUT2D eigenvalue weighted by Gasteiger charge is 2.18. The van der Waals surface area contributed by atoms with Crippen LogP contribution < -0.4 is 5.32 Å². The Morgan fingerprint density at radius 3 is 2.96 bits per heavy atom. The average molecular weight is 333 g/mol. The Bertz CT molecular complexity index is 890. The fraction of sp³-hybridized carbons (Fsp3) is 0.250. The summed E-state index contributed by atoms with van der Waals surface area (Å²) in [7, 11) is 0. The van der Waals surface area contributed by atoms with E-state index in [2.05, 4.69) is 15.3 Å². The van der Waals surface area contributed by atoms with Gasteiger partial charge in [0.05, 0.1) is 22.9 Å². The number of ether oxygens (including phenoxy) is 1. The normalized spacial score (nSPS) is 16.9. The van der Waals surface area contributed by atoms with Gasteiger partial charge in [0.1, 0.15) is 0 Å². The van der Waals surface area contributed by atoms with E-state index in [1.165, 1.54) is 0 Å². The van der Waals surface area contributed by atoms with Crippen molar-refractivity contribution >= 4 is 16.8 Å². The summed E-state index contributed by atoms with van der Waals surface area (Å²) >= 11 is 0. The summed E-state index contributed by atoms with van der Waals surface area (Å²) in [6, 6.07) is 13.3. The molecule has 1 fully saturated rings. The molecule has 4 rings (SSSR count). The van der Waals surface area contributed by atoms with E-state index in [1.54, 1.807) is 12.4 Å². The monoisotopic (exact) mass is 333 g/mol. The third-order valence-corrected chi connectivity index (χ3v) is 4.43. The lowest BCUT2D eigenvalue weighted by Gasteiger charge is -2.13. The fourth-order valence-corrected chi connectivity index (χ4v) is 3.13. The molecule has 1 atom stereocenters. The van der Waals surface area contributed by atoms with E-state index in [4.69, 9.17) is 4.74 Å². The first-order valence-electron chi connectivity index (χ1n) is 8.51. The number of fused-ring (bicyclic) bond motifs is 1. The third-order valence-electron chi connectivity index (χ3n) is 4.43. The Balaban J connectivity index is 1.69. The van der Waals surface area contributed by atoms with Gasteiger partial charge in [0.15, 0.2) is 0 Å². The largest absolute Gasteiger partial charge is 0.376 e.